The molecule has 21 heavy (non-hydrogen) atoms. The summed E-state index contributed by atoms with van der Waals surface area (Å²) < 4.78 is 17.9. The maximum Gasteiger partial charge on any atom is 0.305 e. The molecule has 0 aromatic heterocycles. The number of ether oxygens (including phenoxy) is 1. The Morgan fingerprint density at radius 1 is 1.24 bits per heavy atom. The van der Waals surface area contributed by atoms with Crippen LogP contribution in [0, 0.1) is 5.82 Å². The van der Waals surface area contributed by atoms with Gasteiger partial charge >= 0.3 is 5.97 Å². The number of hydrogen-bond donors (Lipinski definition) is 1. The summed E-state index contributed by atoms with van der Waals surface area (Å²) in [6.45, 7) is 1.24. The Labute approximate surface area is 124 Å². The molecule has 0 saturated heterocycles. The number of carbonyl (C=O) groups excluding carboxylic acids is 2. The van der Waals surface area contributed by atoms with Crippen LogP contribution >= 0.6 is 0 Å². The van der Waals surface area contributed by atoms with Crippen molar-refractivity contribution in [2.75, 3.05) is 32.6 Å². The maximum absolute atomic E-state index is 13.4. The molecular weight excluding hydrogens is 275 g/mol. The number of rotatable bonds is 8. The summed E-state index contributed by atoms with van der Waals surface area (Å²) in [6.07, 6.45) is 1.31. The van der Waals surface area contributed by atoms with E-state index in [-0.39, 0.29) is 24.0 Å². The van der Waals surface area contributed by atoms with Crippen LogP contribution in [-0.2, 0) is 14.3 Å². The largest absolute Gasteiger partial charge is 0.469 e. The summed E-state index contributed by atoms with van der Waals surface area (Å²) in [4.78, 5) is 24.6. The van der Waals surface area contributed by atoms with Crippen molar-refractivity contribution in [2.24, 2.45) is 0 Å². The minimum absolute atomic E-state index is 0.191. The summed E-state index contributed by atoms with van der Waals surface area (Å²) in [5.74, 6) is -0.919. The fraction of sp³-hybridized carbons (Fsp3) is 0.467. The molecule has 6 heteroatoms. The zero-order valence-electron chi connectivity index (χ0n) is 12.4. The highest BCUT2D eigenvalue weighted by molar-refractivity contribution is 5.90. The quantitative estimate of drug-likeness (QED) is 0.746. The highest BCUT2D eigenvalue weighted by Gasteiger charge is 2.08. The Kier molecular flexibility index (Phi) is 7.39. The topological polar surface area (TPSA) is 58.6 Å². The molecule has 0 unspecified atom stereocenters. The molecule has 1 aromatic rings. The molecule has 1 N–H and O–H groups in total. The number of carbonyl (C=O) groups is 2. The molecule has 0 aliphatic heterocycles. The van der Waals surface area contributed by atoms with Gasteiger partial charge < -0.3 is 15.0 Å². The van der Waals surface area contributed by atoms with Crippen LogP contribution < -0.4 is 5.32 Å². The summed E-state index contributed by atoms with van der Waals surface area (Å²) in [5.41, 5.74) is 0.191. The van der Waals surface area contributed by atoms with Crippen molar-refractivity contribution >= 4 is 17.6 Å². The predicted octanol–water partition coefficient (Wildman–Crippen LogP) is 2.04. The molecule has 1 rings (SSSR count). The van der Waals surface area contributed by atoms with Crippen molar-refractivity contribution in [3.05, 3.63) is 30.1 Å². The number of nitrogens with zero attached hydrogens (tertiary/aromatic N) is 1. The first kappa shape index (κ1) is 17.1. The van der Waals surface area contributed by atoms with E-state index in [1.165, 1.54) is 19.2 Å². The second-order valence-corrected chi connectivity index (χ2v) is 4.76. The van der Waals surface area contributed by atoms with Crippen LogP contribution in [0.25, 0.3) is 0 Å². The van der Waals surface area contributed by atoms with Crippen LogP contribution in [0.1, 0.15) is 19.3 Å². The van der Waals surface area contributed by atoms with E-state index in [1.54, 1.807) is 12.1 Å². The Morgan fingerprint density at radius 3 is 2.62 bits per heavy atom. The molecule has 0 spiro atoms. The molecule has 1 aromatic carbocycles. The van der Waals surface area contributed by atoms with Gasteiger partial charge in [0.1, 0.15) is 5.82 Å². The van der Waals surface area contributed by atoms with Gasteiger partial charge in [0, 0.05) is 19.4 Å². The zero-order valence-corrected chi connectivity index (χ0v) is 12.4. The highest BCUT2D eigenvalue weighted by Crippen LogP contribution is 2.12. The second kappa shape index (κ2) is 9.07. The third kappa shape index (κ3) is 6.85. The molecule has 0 heterocycles. The third-order valence-electron chi connectivity index (χ3n) is 3.02. The number of benzene rings is 1. The van der Waals surface area contributed by atoms with Crippen LogP contribution in [0.3, 0.4) is 0 Å². The Morgan fingerprint density at radius 2 is 1.95 bits per heavy atom. The van der Waals surface area contributed by atoms with Crippen LogP contribution in [0.4, 0.5) is 10.1 Å². The lowest BCUT2D eigenvalue weighted by molar-refractivity contribution is -0.140. The van der Waals surface area contributed by atoms with Gasteiger partial charge in [-0.2, -0.15) is 0 Å². The van der Waals surface area contributed by atoms with Crippen molar-refractivity contribution < 1.29 is 18.7 Å². The first-order valence-corrected chi connectivity index (χ1v) is 6.82. The van der Waals surface area contributed by atoms with Gasteiger partial charge in [0.15, 0.2) is 0 Å². The van der Waals surface area contributed by atoms with Gasteiger partial charge in [0.05, 0.1) is 12.8 Å². The average Bonchev–Trinajstić information content (AvgIpc) is 2.47. The van der Waals surface area contributed by atoms with Gasteiger partial charge in [-0.05, 0) is 32.1 Å². The fourth-order valence-corrected chi connectivity index (χ4v) is 1.77. The van der Waals surface area contributed by atoms with Crippen molar-refractivity contribution in [1.82, 2.24) is 4.90 Å². The monoisotopic (exact) mass is 296 g/mol. The maximum atomic E-state index is 13.4. The molecule has 0 bridgehead atoms. The normalized spacial score (nSPS) is 10.5. The standard InChI is InChI=1S/C15H21FN2O3/c1-18(10-5-8-15(20)21-2)11-9-14(19)17-13-7-4-3-6-12(13)16/h3-4,6-7H,5,8-11H2,1-2H3,(H,17,19). The first-order chi connectivity index (χ1) is 10.0. The average molecular weight is 296 g/mol. The minimum Gasteiger partial charge on any atom is -0.469 e. The molecule has 116 valence electrons. The molecule has 0 radical (unpaired) electrons. The van der Waals surface area contributed by atoms with E-state index >= 15 is 0 Å². The van der Waals surface area contributed by atoms with Gasteiger partial charge in [0.2, 0.25) is 5.91 Å². The third-order valence-corrected chi connectivity index (χ3v) is 3.02. The van der Waals surface area contributed by atoms with Crippen molar-refractivity contribution in [2.45, 2.75) is 19.3 Å². The van der Waals surface area contributed by atoms with E-state index < -0.39 is 5.82 Å². The Bertz CT molecular complexity index is 480. The summed E-state index contributed by atoms with van der Waals surface area (Å²) in [7, 11) is 3.23. The van der Waals surface area contributed by atoms with Gasteiger partial charge in [-0.15, -0.1) is 0 Å². The van der Waals surface area contributed by atoms with E-state index in [0.29, 0.717) is 25.9 Å². The fourth-order valence-electron chi connectivity index (χ4n) is 1.77. The molecule has 0 aliphatic rings. The van der Waals surface area contributed by atoms with Gasteiger partial charge in [-0.25, -0.2) is 4.39 Å². The lowest BCUT2D eigenvalue weighted by Gasteiger charge is -2.15. The lowest BCUT2D eigenvalue weighted by Crippen LogP contribution is -2.25. The summed E-state index contributed by atoms with van der Waals surface area (Å²) >= 11 is 0. The molecular formula is C15H21FN2O3. The molecule has 5 nitrogen and oxygen atoms in total. The van der Waals surface area contributed by atoms with Crippen LogP contribution in [-0.4, -0.2) is 44.0 Å². The molecule has 0 atom stereocenters. The Hall–Kier alpha value is -1.95. The SMILES string of the molecule is COC(=O)CCCN(C)CCC(=O)Nc1ccccc1F. The molecule has 0 fully saturated rings. The number of esters is 1. The number of para-hydroxylation sites is 1. The van der Waals surface area contributed by atoms with Gasteiger partial charge in [-0.3, -0.25) is 9.59 Å². The molecule has 1 amide bonds. The van der Waals surface area contributed by atoms with Crippen LogP contribution in [0.2, 0.25) is 0 Å². The van der Waals surface area contributed by atoms with E-state index in [1.807, 2.05) is 11.9 Å². The van der Waals surface area contributed by atoms with Crippen LogP contribution in [0.5, 0.6) is 0 Å². The first-order valence-electron chi connectivity index (χ1n) is 6.82. The minimum atomic E-state index is -0.447. The second-order valence-electron chi connectivity index (χ2n) is 4.76. The zero-order chi connectivity index (χ0) is 15.7. The van der Waals surface area contributed by atoms with E-state index in [4.69, 9.17) is 0 Å². The number of hydrogen-bond acceptors (Lipinski definition) is 4. The van der Waals surface area contributed by atoms with E-state index in [0.717, 1.165) is 0 Å². The van der Waals surface area contributed by atoms with E-state index in [9.17, 15) is 14.0 Å². The molecule has 0 aliphatic carbocycles. The van der Waals surface area contributed by atoms with E-state index in [2.05, 4.69) is 10.1 Å². The predicted molar refractivity (Wildman–Crippen MR) is 78.4 cm³/mol. The Balaban J connectivity index is 2.23. The summed E-state index contributed by atoms with van der Waals surface area (Å²) in [5, 5.41) is 2.53. The van der Waals surface area contributed by atoms with Crippen molar-refractivity contribution in [3.8, 4) is 0 Å². The number of amides is 1. The summed E-state index contributed by atoms with van der Waals surface area (Å²) in [6, 6.07) is 6.06. The van der Waals surface area contributed by atoms with Crippen LogP contribution in [0.15, 0.2) is 24.3 Å². The van der Waals surface area contributed by atoms with Crippen molar-refractivity contribution in [1.29, 1.82) is 0 Å². The number of anilines is 1. The number of halogens is 1. The number of methoxy groups -OCH3 is 1. The van der Waals surface area contributed by atoms with Gasteiger partial charge in [-0.1, -0.05) is 12.1 Å². The smallest absolute Gasteiger partial charge is 0.305 e. The molecule has 0 saturated carbocycles. The number of nitrogens with one attached hydrogen (secondary N) is 1. The van der Waals surface area contributed by atoms with Crippen molar-refractivity contribution in [3.63, 3.8) is 0 Å². The highest BCUT2D eigenvalue weighted by atomic mass is 19.1. The lowest BCUT2D eigenvalue weighted by atomic mass is 10.2. The van der Waals surface area contributed by atoms with Gasteiger partial charge in [0.25, 0.3) is 0 Å².